The summed E-state index contributed by atoms with van der Waals surface area (Å²) in [6.45, 7) is 3.33. The molecule has 0 radical (unpaired) electrons. The summed E-state index contributed by atoms with van der Waals surface area (Å²) >= 11 is 1.26. The van der Waals surface area contributed by atoms with Gasteiger partial charge in [-0.1, -0.05) is 0 Å². The number of amides is 2. The zero-order chi connectivity index (χ0) is 21.8. The van der Waals surface area contributed by atoms with Crippen molar-refractivity contribution in [3.05, 3.63) is 46.0 Å². The molecule has 2 aromatic rings. The van der Waals surface area contributed by atoms with Crippen LogP contribution in [0.4, 0.5) is 15.6 Å². The highest BCUT2D eigenvalue weighted by molar-refractivity contribution is 7.16. The van der Waals surface area contributed by atoms with Gasteiger partial charge >= 0.3 is 6.09 Å². The molecule has 31 heavy (non-hydrogen) atoms. The minimum Gasteiger partial charge on any atom is -0.465 e. The van der Waals surface area contributed by atoms with E-state index in [1.807, 2.05) is 12.1 Å². The molecular formula is C21H21N5O4S. The van der Waals surface area contributed by atoms with E-state index in [0.717, 1.165) is 34.9 Å². The average Bonchev–Trinajstić information content (AvgIpc) is 3.14. The quantitative estimate of drug-likeness (QED) is 0.703. The van der Waals surface area contributed by atoms with E-state index in [9.17, 15) is 20.0 Å². The molecule has 0 aromatic carbocycles. The van der Waals surface area contributed by atoms with Crippen molar-refractivity contribution in [2.75, 3.05) is 43.1 Å². The highest BCUT2D eigenvalue weighted by Crippen LogP contribution is 2.36. The third kappa shape index (κ3) is 4.52. The minimum atomic E-state index is -0.987. The van der Waals surface area contributed by atoms with Crippen LogP contribution in [0.1, 0.15) is 21.6 Å². The largest absolute Gasteiger partial charge is 0.465 e. The van der Waals surface area contributed by atoms with Crippen LogP contribution in [0.2, 0.25) is 0 Å². The molecule has 2 amide bonds. The average molecular weight is 439 g/mol. The Labute approximate surface area is 183 Å². The second kappa shape index (κ2) is 9.16. The predicted molar refractivity (Wildman–Crippen MR) is 116 cm³/mol. The van der Waals surface area contributed by atoms with Crippen LogP contribution in [0.5, 0.6) is 0 Å². The van der Waals surface area contributed by atoms with Gasteiger partial charge in [0.05, 0.1) is 25.3 Å². The molecule has 2 aliphatic rings. The summed E-state index contributed by atoms with van der Waals surface area (Å²) in [4.78, 5) is 32.5. The van der Waals surface area contributed by atoms with E-state index < -0.39 is 6.09 Å². The molecule has 9 nitrogen and oxygen atoms in total. The Hall–Kier alpha value is -3.42. The maximum absolute atomic E-state index is 12.6. The number of nitrogens with zero attached hydrogens (tertiary/aromatic N) is 4. The number of pyridine rings is 1. The van der Waals surface area contributed by atoms with Crippen molar-refractivity contribution in [2.24, 2.45) is 0 Å². The molecule has 0 atom stereocenters. The van der Waals surface area contributed by atoms with Gasteiger partial charge in [-0.25, -0.2) is 9.78 Å². The number of fused-ring (bicyclic) bond motifs is 1. The second-order valence-electron chi connectivity index (χ2n) is 7.11. The van der Waals surface area contributed by atoms with Gasteiger partial charge in [-0.3, -0.25) is 4.79 Å². The molecule has 2 N–H and O–H groups in total. The van der Waals surface area contributed by atoms with Crippen molar-refractivity contribution >= 4 is 40.2 Å². The van der Waals surface area contributed by atoms with Gasteiger partial charge in [0, 0.05) is 42.3 Å². The van der Waals surface area contributed by atoms with Gasteiger partial charge in [0.2, 0.25) is 5.91 Å². The maximum atomic E-state index is 12.6. The summed E-state index contributed by atoms with van der Waals surface area (Å²) in [5, 5.41) is 22.0. The molecule has 0 spiro atoms. The van der Waals surface area contributed by atoms with E-state index in [2.05, 4.69) is 21.3 Å². The topological polar surface area (TPSA) is 119 Å². The molecule has 0 saturated carbocycles. The fourth-order valence-electron chi connectivity index (χ4n) is 3.67. The van der Waals surface area contributed by atoms with Crippen molar-refractivity contribution in [2.45, 2.75) is 13.0 Å². The first-order valence-electron chi connectivity index (χ1n) is 9.86. The van der Waals surface area contributed by atoms with Gasteiger partial charge in [0.15, 0.2) is 0 Å². The first-order valence-corrected chi connectivity index (χ1v) is 10.7. The van der Waals surface area contributed by atoms with Gasteiger partial charge in [-0.05, 0) is 30.2 Å². The highest BCUT2D eigenvalue weighted by atomic mass is 32.1. The molecule has 0 aliphatic carbocycles. The van der Waals surface area contributed by atoms with E-state index in [0.29, 0.717) is 36.7 Å². The first-order chi connectivity index (χ1) is 15.1. The molecule has 4 rings (SSSR count). The highest BCUT2D eigenvalue weighted by Gasteiger charge is 2.27. The molecule has 1 saturated heterocycles. The number of hydrogen-bond donors (Lipinski definition) is 2. The van der Waals surface area contributed by atoms with Gasteiger partial charge in [0.1, 0.15) is 16.9 Å². The molecule has 1 fully saturated rings. The summed E-state index contributed by atoms with van der Waals surface area (Å²) in [6.07, 6.45) is 4.32. The Morgan fingerprint density at radius 3 is 2.87 bits per heavy atom. The van der Waals surface area contributed by atoms with Crippen molar-refractivity contribution in [3.8, 4) is 6.07 Å². The van der Waals surface area contributed by atoms with Crippen LogP contribution in [0.3, 0.4) is 0 Å². The monoisotopic (exact) mass is 439 g/mol. The zero-order valence-electron chi connectivity index (χ0n) is 16.7. The van der Waals surface area contributed by atoms with Crippen LogP contribution in [0.15, 0.2) is 24.4 Å². The standard InChI is InChI=1S/C21H21N5O4S/c22-12-16-15-5-7-26(21(28)29)13-17(15)31-20(16)24-18(27)4-3-14-2-1-6-23-19(14)25-8-10-30-11-9-25/h1-4,6H,5,7-11,13H2,(H,24,27)(H,28,29). The Bertz CT molecular complexity index is 1070. The molecule has 10 heteroatoms. The van der Waals surface area contributed by atoms with Gasteiger partial charge in [-0.2, -0.15) is 5.26 Å². The normalized spacial score (nSPS) is 16.1. The fraction of sp³-hybridized carbons (Fsp3) is 0.333. The van der Waals surface area contributed by atoms with Crippen LogP contribution in [-0.2, 0) is 22.5 Å². The molecule has 160 valence electrons. The number of carbonyl (C=O) groups is 2. The Balaban J connectivity index is 1.50. The van der Waals surface area contributed by atoms with E-state index in [1.54, 1.807) is 12.3 Å². The van der Waals surface area contributed by atoms with Crippen molar-refractivity contribution in [3.63, 3.8) is 0 Å². The van der Waals surface area contributed by atoms with E-state index in [-0.39, 0.29) is 12.5 Å². The number of hydrogen-bond acceptors (Lipinski definition) is 7. The predicted octanol–water partition coefficient (Wildman–Crippen LogP) is 2.54. The number of nitrogens with one attached hydrogen (secondary N) is 1. The van der Waals surface area contributed by atoms with Crippen LogP contribution >= 0.6 is 11.3 Å². The summed E-state index contributed by atoms with van der Waals surface area (Å²) < 4.78 is 5.39. The lowest BCUT2D eigenvalue weighted by Crippen LogP contribution is -2.37. The number of aromatic nitrogens is 1. The zero-order valence-corrected chi connectivity index (χ0v) is 17.5. The van der Waals surface area contributed by atoms with Crippen LogP contribution in [0, 0.1) is 11.3 Å². The van der Waals surface area contributed by atoms with Crippen LogP contribution in [-0.4, -0.2) is 59.8 Å². The molecule has 2 aliphatic heterocycles. The number of nitriles is 1. The molecule has 4 heterocycles. The summed E-state index contributed by atoms with van der Waals surface area (Å²) in [6, 6.07) is 5.87. The second-order valence-corrected chi connectivity index (χ2v) is 8.22. The number of ether oxygens (including phenoxy) is 1. The lowest BCUT2D eigenvalue weighted by Gasteiger charge is -2.28. The van der Waals surface area contributed by atoms with Gasteiger partial charge < -0.3 is 25.0 Å². The first kappa shape index (κ1) is 20.8. The third-order valence-corrected chi connectivity index (χ3v) is 6.35. The summed E-state index contributed by atoms with van der Waals surface area (Å²) in [7, 11) is 0. The Morgan fingerprint density at radius 1 is 1.32 bits per heavy atom. The van der Waals surface area contributed by atoms with E-state index >= 15 is 0 Å². The fourth-order valence-corrected chi connectivity index (χ4v) is 4.89. The lowest BCUT2D eigenvalue weighted by atomic mass is 10.0. The number of rotatable bonds is 4. The number of carboxylic acid groups (broad SMARTS) is 1. The van der Waals surface area contributed by atoms with Gasteiger partial charge in [-0.15, -0.1) is 11.3 Å². The Kier molecular flexibility index (Phi) is 6.16. The summed E-state index contributed by atoms with van der Waals surface area (Å²) in [5.74, 6) is 0.440. The summed E-state index contributed by atoms with van der Waals surface area (Å²) in [5.41, 5.74) is 2.07. The van der Waals surface area contributed by atoms with Crippen molar-refractivity contribution in [1.82, 2.24) is 9.88 Å². The number of anilines is 2. The molecule has 0 unspecified atom stereocenters. The third-order valence-electron chi connectivity index (χ3n) is 5.22. The van der Waals surface area contributed by atoms with Crippen LogP contribution < -0.4 is 10.2 Å². The van der Waals surface area contributed by atoms with Crippen molar-refractivity contribution < 1.29 is 19.4 Å². The number of morpholine rings is 1. The minimum absolute atomic E-state index is 0.230. The number of carbonyl (C=O) groups excluding carboxylic acids is 1. The smallest absolute Gasteiger partial charge is 0.407 e. The SMILES string of the molecule is N#Cc1c(NC(=O)C=Cc2cccnc2N2CCOCC2)sc2c1CCN(C(=O)O)C2. The molecule has 0 bridgehead atoms. The van der Waals surface area contributed by atoms with E-state index in [4.69, 9.17) is 4.74 Å². The van der Waals surface area contributed by atoms with Crippen molar-refractivity contribution in [1.29, 1.82) is 5.26 Å². The van der Waals surface area contributed by atoms with Crippen LogP contribution in [0.25, 0.3) is 6.08 Å². The lowest BCUT2D eigenvalue weighted by molar-refractivity contribution is -0.111. The van der Waals surface area contributed by atoms with Gasteiger partial charge in [0.25, 0.3) is 0 Å². The molecule has 2 aromatic heterocycles. The van der Waals surface area contributed by atoms with E-state index in [1.165, 1.54) is 22.3 Å². The maximum Gasteiger partial charge on any atom is 0.407 e. The number of thiophene rings is 1. The Morgan fingerprint density at radius 2 is 2.13 bits per heavy atom. The molecular weight excluding hydrogens is 418 g/mol.